The number of hydrogen-bond acceptors (Lipinski definition) is 3. The van der Waals surface area contributed by atoms with Crippen molar-refractivity contribution >= 4 is 28.6 Å². The number of aliphatic hydroxyl groups excluding tert-OH is 1. The Balaban J connectivity index is 1.82. The summed E-state index contributed by atoms with van der Waals surface area (Å²) in [5.41, 5.74) is 6.25. The van der Waals surface area contributed by atoms with E-state index in [1.807, 2.05) is 36.4 Å². The van der Waals surface area contributed by atoms with Crippen LogP contribution in [0.3, 0.4) is 0 Å². The second kappa shape index (κ2) is 6.06. The molecule has 0 atom stereocenters. The van der Waals surface area contributed by atoms with Gasteiger partial charge in [-0.1, -0.05) is 23.7 Å². The monoisotopic (exact) mass is 354 g/mol. The van der Waals surface area contributed by atoms with Crippen molar-refractivity contribution in [2.24, 2.45) is 0 Å². The van der Waals surface area contributed by atoms with Gasteiger partial charge in [-0.25, -0.2) is 4.98 Å². The fourth-order valence-electron chi connectivity index (χ4n) is 2.83. The summed E-state index contributed by atoms with van der Waals surface area (Å²) in [6.45, 7) is 2.15. The first-order valence-electron chi connectivity index (χ1n) is 7.59. The molecule has 0 spiro atoms. The quantitative estimate of drug-likeness (QED) is 0.550. The summed E-state index contributed by atoms with van der Waals surface area (Å²) in [7, 11) is 0. The van der Waals surface area contributed by atoms with Crippen molar-refractivity contribution in [3.8, 4) is 22.4 Å². The standard InChI is InChI=1S/C19H15ClN2OS/c1-12-19(13-2-5-16(20)6-3-13)21-18-7-4-14(9-22(12)18)15-8-17(10-23)24-11-15/h2-9,11,23H,10H2,1H3. The molecule has 3 aromatic heterocycles. The molecule has 24 heavy (non-hydrogen) atoms. The number of hydrogen-bond donors (Lipinski definition) is 1. The van der Waals surface area contributed by atoms with Crippen LogP contribution < -0.4 is 0 Å². The van der Waals surface area contributed by atoms with E-state index in [0.29, 0.717) is 0 Å². The molecule has 120 valence electrons. The smallest absolute Gasteiger partial charge is 0.137 e. The lowest BCUT2D eigenvalue weighted by Gasteiger charge is -2.02. The number of rotatable bonds is 3. The number of aromatic nitrogens is 2. The predicted molar refractivity (Wildman–Crippen MR) is 99.6 cm³/mol. The Morgan fingerprint density at radius 3 is 2.54 bits per heavy atom. The van der Waals surface area contributed by atoms with Crippen molar-refractivity contribution < 1.29 is 5.11 Å². The van der Waals surface area contributed by atoms with Crippen LogP contribution in [-0.4, -0.2) is 14.5 Å². The van der Waals surface area contributed by atoms with Gasteiger partial charge in [0.15, 0.2) is 0 Å². The third kappa shape index (κ3) is 2.63. The lowest BCUT2D eigenvalue weighted by molar-refractivity contribution is 0.285. The van der Waals surface area contributed by atoms with E-state index in [4.69, 9.17) is 16.6 Å². The fourth-order valence-corrected chi connectivity index (χ4v) is 3.71. The Bertz CT molecular complexity index is 1020. The number of thiophene rings is 1. The minimum atomic E-state index is 0.0811. The highest BCUT2D eigenvalue weighted by Gasteiger charge is 2.12. The van der Waals surface area contributed by atoms with E-state index in [1.165, 1.54) is 0 Å². The summed E-state index contributed by atoms with van der Waals surface area (Å²) in [6, 6.07) is 13.9. The normalized spacial score (nSPS) is 11.3. The van der Waals surface area contributed by atoms with E-state index in [2.05, 4.69) is 29.0 Å². The molecule has 0 aliphatic heterocycles. The van der Waals surface area contributed by atoms with E-state index in [9.17, 15) is 5.11 Å². The molecule has 0 fully saturated rings. The maximum absolute atomic E-state index is 9.25. The van der Waals surface area contributed by atoms with Crippen molar-refractivity contribution in [1.29, 1.82) is 0 Å². The molecule has 1 N–H and O–H groups in total. The van der Waals surface area contributed by atoms with Crippen molar-refractivity contribution in [1.82, 2.24) is 9.38 Å². The number of benzene rings is 1. The van der Waals surface area contributed by atoms with Gasteiger partial charge in [0.25, 0.3) is 0 Å². The molecule has 0 bridgehead atoms. The topological polar surface area (TPSA) is 37.5 Å². The highest BCUT2D eigenvalue weighted by molar-refractivity contribution is 7.10. The molecule has 1 aromatic carbocycles. The Morgan fingerprint density at radius 1 is 1.08 bits per heavy atom. The Hall–Kier alpha value is -2.14. The van der Waals surface area contributed by atoms with Gasteiger partial charge in [0.05, 0.1) is 12.3 Å². The number of imidazole rings is 1. The van der Waals surface area contributed by atoms with Crippen LogP contribution in [0, 0.1) is 6.92 Å². The van der Waals surface area contributed by atoms with Gasteiger partial charge in [0.1, 0.15) is 5.65 Å². The van der Waals surface area contributed by atoms with Crippen molar-refractivity contribution in [3.05, 3.63) is 69.6 Å². The zero-order chi connectivity index (χ0) is 16.7. The summed E-state index contributed by atoms with van der Waals surface area (Å²) in [5, 5.41) is 12.0. The SMILES string of the molecule is Cc1c(-c2ccc(Cl)cc2)nc2ccc(-c3csc(CO)c3)cn12. The van der Waals surface area contributed by atoms with Gasteiger partial charge in [-0.2, -0.15) is 0 Å². The van der Waals surface area contributed by atoms with Gasteiger partial charge >= 0.3 is 0 Å². The van der Waals surface area contributed by atoms with Crippen LogP contribution in [0.1, 0.15) is 10.6 Å². The maximum atomic E-state index is 9.25. The van der Waals surface area contributed by atoms with Crippen LogP contribution in [-0.2, 0) is 6.61 Å². The van der Waals surface area contributed by atoms with E-state index in [-0.39, 0.29) is 6.61 Å². The maximum Gasteiger partial charge on any atom is 0.137 e. The minimum absolute atomic E-state index is 0.0811. The molecule has 0 radical (unpaired) electrons. The summed E-state index contributed by atoms with van der Waals surface area (Å²) in [6.07, 6.45) is 2.10. The Morgan fingerprint density at radius 2 is 1.83 bits per heavy atom. The van der Waals surface area contributed by atoms with Crippen LogP contribution in [0.2, 0.25) is 5.02 Å². The molecule has 0 aliphatic rings. The summed E-state index contributed by atoms with van der Waals surface area (Å²) in [5.74, 6) is 0. The molecule has 3 heterocycles. The van der Waals surface area contributed by atoms with Crippen LogP contribution in [0.4, 0.5) is 0 Å². The van der Waals surface area contributed by atoms with Crippen LogP contribution in [0.25, 0.3) is 28.0 Å². The second-order valence-electron chi connectivity index (χ2n) is 5.66. The molecule has 4 aromatic rings. The summed E-state index contributed by atoms with van der Waals surface area (Å²) >= 11 is 7.55. The summed E-state index contributed by atoms with van der Waals surface area (Å²) < 4.78 is 2.11. The average Bonchev–Trinajstić information content (AvgIpc) is 3.20. The van der Waals surface area contributed by atoms with E-state index in [1.54, 1.807) is 11.3 Å². The number of fused-ring (bicyclic) bond motifs is 1. The lowest BCUT2D eigenvalue weighted by atomic mass is 10.1. The van der Waals surface area contributed by atoms with E-state index in [0.717, 1.165) is 43.6 Å². The lowest BCUT2D eigenvalue weighted by Crippen LogP contribution is -1.89. The number of aryl methyl sites for hydroxylation is 1. The first-order chi connectivity index (χ1) is 11.7. The molecular weight excluding hydrogens is 340 g/mol. The third-order valence-corrected chi connectivity index (χ3v) is 5.29. The highest BCUT2D eigenvalue weighted by Crippen LogP contribution is 2.29. The molecule has 5 heteroatoms. The van der Waals surface area contributed by atoms with Crippen molar-refractivity contribution in [3.63, 3.8) is 0 Å². The molecule has 0 aliphatic carbocycles. The second-order valence-corrected chi connectivity index (χ2v) is 7.09. The van der Waals surface area contributed by atoms with Gasteiger partial charge in [0.2, 0.25) is 0 Å². The van der Waals surface area contributed by atoms with Gasteiger partial charge in [-0.05, 0) is 53.8 Å². The van der Waals surface area contributed by atoms with Crippen LogP contribution >= 0.6 is 22.9 Å². The third-order valence-electron chi connectivity index (χ3n) is 4.12. The number of pyridine rings is 1. The number of nitrogens with zero attached hydrogens (tertiary/aromatic N) is 2. The molecule has 4 rings (SSSR count). The van der Waals surface area contributed by atoms with Crippen molar-refractivity contribution in [2.75, 3.05) is 0 Å². The number of halogens is 1. The number of aliphatic hydroxyl groups is 1. The zero-order valence-corrected chi connectivity index (χ0v) is 14.6. The van der Waals surface area contributed by atoms with E-state index >= 15 is 0 Å². The largest absolute Gasteiger partial charge is 0.391 e. The van der Waals surface area contributed by atoms with Gasteiger partial charge in [-0.3, -0.25) is 0 Å². The predicted octanol–water partition coefficient (Wildman–Crippen LogP) is 5.18. The molecule has 0 saturated carbocycles. The van der Waals surface area contributed by atoms with Gasteiger partial charge in [-0.15, -0.1) is 11.3 Å². The highest BCUT2D eigenvalue weighted by atomic mass is 35.5. The molecule has 0 amide bonds. The van der Waals surface area contributed by atoms with Crippen molar-refractivity contribution in [2.45, 2.75) is 13.5 Å². The molecule has 0 saturated heterocycles. The van der Waals surface area contributed by atoms with Crippen LogP contribution in [0.5, 0.6) is 0 Å². The van der Waals surface area contributed by atoms with E-state index < -0.39 is 0 Å². The fraction of sp³-hybridized carbons (Fsp3) is 0.105. The minimum Gasteiger partial charge on any atom is -0.391 e. The van der Waals surface area contributed by atoms with Gasteiger partial charge < -0.3 is 9.51 Å². The van der Waals surface area contributed by atoms with Gasteiger partial charge in [0, 0.05) is 27.4 Å². The summed E-state index contributed by atoms with van der Waals surface area (Å²) in [4.78, 5) is 5.72. The Kier molecular flexibility index (Phi) is 3.88. The molecule has 3 nitrogen and oxygen atoms in total. The molecule has 0 unspecified atom stereocenters. The first kappa shape index (κ1) is 15.4. The molecular formula is C19H15ClN2OS. The Labute approximate surface area is 148 Å². The van der Waals surface area contributed by atoms with Crippen LogP contribution in [0.15, 0.2) is 54.0 Å². The zero-order valence-electron chi connectivity index (χ0n) is 13.0. The first-order valence-corrected chi connectivity index (χ1v) is 8.85. The average molecular weight is 355 g/mol.